The number of nitrogens with zero attached hydrogens (tertiary/aromatic N) is 2. The zero-order chi connectivity index (χ0) is 13.2. The van der Waals surface area contributed by atoms with E-state index in [1.807, 2.05) is 19.2 Å². The van der Waals surface area contributed by atoms with Crippen molar-refractivity contribution < 1.29 is 0 Å². The molecule has 2 aromatic heterocycles. The van der Waals surface area contributed by atoms with E-state index >= 15 is 0 Å². The maximum absolute atomic E-state index is 4.47. The van der Waals surface area contributed by atoms with Crippen molar-refractivity contribution in [2.45, 2.75) is 46.0 Å². The first-order valence-electron chi connectivity index (χ1n) is 7.01. The molecule has 4 nitrogen and oxygen atoms in total. The van der Waals surface area contributed by atoms with E-state index in [0.717, 1.165) is 22.4 Å². The van der Waals surface area contributed by atoms with E-state index in [1.54, 1.807) is 5.57 Å². The fraction of sp³-hybridized carbons (Fsp3) is 0.467. The number of fused-ring (bicyclic) bond motifs is 1. The summed E-state index contributed by atoms with van der Waals surface area (Å²) in [5.41, 5.74) is 4.84. The number of pyridine rings is 1. The van der Waals surface area contributed by atoms with Crippen LogP contribution in [-0.4, -0.2) is 15.2 Å². The number of H-pyrrole nitrogens is 1. The molecule has 2 heterocycles. The minimum Gasteiger partial charge on any atom is -0.344 e. The van der Waals surface area contributed by atoms with Gasteiger partial charge in [0, 0.05) is 17.6 Å². The Labute approximate surface area is 113 Å². The Morgan fingerprint density at radius 2 is 2.05 bits per heavy atom. The number of nitrogens with one attached hydrogen (secondary N) is 2. The lowest BCUT2D eigenvalue weighted by Crippen LogP contribution is -2.05. The molecule has 0 radical (unpaired) electrons. The Kier molecular flexibility index (Phi) is 3.23. The van der Waals surface area contributed by atoms with E-state index in [-0.39, 0.29) is 0 Å². The van der Waals surface area contributed by atoms with Crippen LogP contribution >= 0.6 is 0 Å². The predicted octanol–water partition coefficient (Wildman–Crippen LogP) is 3.92. The number of hydrogen-bond donors (Lipinski definition) is 2. The lowest BCUT2D eigenvalue weighted by molar-refractivity contribution is 0.594. The molecule has 0 aliphatic heterocycles. The van der Waals surface area contributed by atoms with E-state index in [2.05, 4.69) is 27.4 Å². The predicted molar refractivity (Wildman–Crippen MR) is 78.0 cm³/mol. The quantitative estimate of drug-likeness (QED) is 0.856. The van der Waals surface area contributed by atoms with Gasteiger partial charge in [0.2, 0.25) is 0 Å². The van der Waals surface area contributed by atoms with Crippen LogP contribution in [0.5, 0.6) is 0 Å². The van der Waals surface area contributed by atoms with Crippen molar-refractivity contribution in [3.8, 4) is 0 Å². The zero-order valence-corrected chi connectivity index (χ0v) is 11.6. The van der Waals surface area contributed by atoms with Gasteiger partial charge >= 0.3 is 0 Å². The van der Waals surface area contributed by atoms with Crippen molar-refractivity contribution in [2.24, 2.45) is 0 Å². The highest BCUT2D eigenvalue weighted by Crippen LogP contribution is 2.28. The van der Waals surface area contributed by atoms with E-state index in [4.69, 9.17) is 0 Å². The summed E-state index contributed by atoms with van der Waals surface area (Å²) in [6.07, 6.45) is 8.25. The van der Waals surface area contributed by atoms with Crippen LogP contribution in [0, 0.1) is 6.92 Å². The Balaban J connectivity index is 1.94. The largest absolute Gasteiger partial charge is 0.344 e. The molecule has 1 aliphatic rings. The summed E-state index contributed by atoms with van der Waals surface area (Å²) >= 11 is 0. The third-order valence-electron chi connectivity index (χ3n) is 3.94. The molecular formula is C15H20N4. The van der Waals surface area contributed by atoms with Crippen molar-refractivity contribution >= 4 is 16.7 Å². The van der Waals surface area contributed by atoms with Gasteiger partial charge in [-0.2, -0.15) is 5.10 Å². The molecule has 4 heteroatoms. The molecule has 0 unspecified atom stereocenters. The first-order valence-corrected chi connectivity index (χ1v) is 7.01. The Bertz CT molecular complexity index is 616. The molecule has 1 saturated carbocycles. The second-order valence-corrected chi connectivity index (χ2v) is 5.32. The van der Waals surface area contributed by atoms with Gasteiger partial charge in [-0.3, -0.25) is 5.10 Å². The lowest BCUT2D eigenvalue weighted by Gasteiger charge is -2.18. The summed E-state index contributed by atoms with van der Waals surface area (Å²) < 4.78 is 0. The van der Waals surface area contributed by atoms with Crippen LogP contribution in [0.3, 0.4) is 0 Å². The van der Waals surface area contributed by atoms with E-state index in [1.165, 1.54) is 37.8 Å². The fourth-order valence-electron chi connectivity index (χ4n) is 2.83. The smallest absolute Gasteiger partial charge is 0.141 e. The highest BCUT2D eigenvalue weighted by Gasteiger charge is 2.12. The Hall–Kier alpha value is -1.84. The summed E-state index contributed by atoms with van der Waals surface area (Å²) in [6.45, 7) is 4.20. The SMILES string of the molecule is CC(Nc1nccc2n[nH]c(C)c12)=C1CCCCC1. The van der Waals surface area contributed by atoms with Crippen LogP contribution in [-0.2, 0) is 0 Å². The number of hydrogen-bond acceptors (Lipinski definition) is 3. The monoisotopic (exact) mass is 256 g/mol. The number of allylic oxidation sites excluding steroid dienone is 2. The number of aromatic amines is 1. The molecule has 0 atom stereocenters. The van der Waals surface area contributed by atoms with Crippen LogP contribution in [0.4, 0.5) is 5.82 Å². The highest BCUT2D eigenvalue weighted by atomic mass is 15.1. The Morgan fingerprint density at radius 3 is 2.84 bits per heavy atom. The summed E-state index contributed by atoms with van der Waals surface area (Å²) in [7, 11) is 0. The van der Waals surface area contributed by atoms with Crippen molar-refractivity contribution in [1.82, 2.24) is 15.2 Å². The van der Waals surface area contributed by atoms with Crippen molar-refractivity contribution in [3.63, 3.8) is 0 Å². The molecule has 0 saturated heterocycles. The molecule has 2 aromatic rings. The fourth-order valence-corrected chi connectivity index (χ4v) is 2.83. The maximum Gasteiger partial charge on any atom is 0.141 e. The number of aromatic nitrogens is 3. The molecule has 0 bridgehead atoms. The molecule has 0 amide bonds. The van der Waals surface area contributed by atoms with Gasteiger partial charge in [0.25, 0.3) is 0 Å². The molecule has 1 aliphatic carbocycles. The molecular weight excluding hydrogens is 236 g/mol. The first kappa shape index (κ1) is 12.2. The summed E-state index contributed by atoms with van der Waals surface area (Å²) in [5, 5.41) is 11.9. The van der Waals surface area contributed by atoms with E-state index in [9.17, 15) is 0 Å². The zero-order valence-electron chi connectivity index (χ0n) is 11.6. The third-order valence-corrected chi connectivity index (χ3v) is 3.94. The van der Waals surface area contributed by atoms with Gasteiger partial charge in [-0.15, -0.1) is 0 Å². The number of aryl methyl sites for hydroxylation is 1. The van der Waals surface area contributed by atoms with Crippen LogP contribution < -0.4 is 5.32 Å². The molecule has 0 spiro atoms. The van der Waals surface area contributed by atoms with Crippen molar-refractivity contribution in [2.75, 3.05) is 5.32 Å². The lowest BCUT2D eigenvalue weighted by atomic mass is 9.93. The summed E-state index contributed by atoms with van der Waals surface area (Å²) in [4.78, 5) is 4.47. The van der Waals surface area contributed by atoms with Crippen LogP contribution in [0.1, 0.15) is 44.7 Å². The average molecular weight is 256 g/mol. The first-order chi connectivity index (χ1) is 9.25. The molecule has 1 fully saturated rings. The molecule has 100 valence electrons. The van der Waals surface area contributed by atoms with Gasteiger partial charge in [-0.05, 0) is 45.6 Å². The van der Waals surface area contributed by atoms with Gasteiger partial charge in [0.05, 0.1) is 10.9 Å². The normalized spacial score (nSPS) is 15.8. The van der Waals surface area contributed by atoms with Gasteiger partial charge in [-0.1, -0.05) is 12.0 Å². The van der Waals surface area contributed by atoms with Gasteiger partial charge < -0.3 is 5.32 Å². The second kappa shape index (κ2) is 5.03. The van der Waals surface area contributed by atoms with E-state index < -0.39 is 0 Å². The van der Waals surface area contributed by atoms with Crippen molar-refractivity contribution in [3.05, 3.63) is 29.2 Å². The molecule has 3 rings (SSSR count). The minimum atomic E-state index is 0.916. The van der Waals surface area contributed by atoms with Gasteiger partial charge in [0.15, 0.2) is 0 Å². The maximum atomic E-state index is 4.47. The molecule has 0 aromatic carbocycles. The highest BCUT2D eigenvalue weighted by molar-refractivity contribution is 5.91. The third kappa shape index (κ3) is 2.35. The van der Waals surface area contributed by atoms with Gasteiger partial charge in [0.1, 0.15) is 5.82 Å². The van der Waals surface area contributed by atoms with Crippen molar-refractivity contribution in [1.29, 1.82) is 0 Å². The van der Waals surface area contributed by atoms with E-state index in [0.29, 0.717) is 0 Å². The second-order valence-electron chi connectivity index (χ2n) is 5.32. The summed E-state index contributed by atoms with van der Waals surface area (Å²) in [5.74, 6) is 0.916. The van der Waals surface area contributed by atoms with Crippen LogP contribution in [0.25, 0.3) is 10.9 Å². The minimum absolute atomic E-state index is 0.916. The molecule has 19 heavy (non-hydrogen) atoms. The Morgan fingerprint density at radius 1 is 1.26 bits per heavy atom. The van der Waals surface area contributed by atoms with Crippen LogP contribution in [0.2, 0.25) is 0 Å². The standard InChI is InChI=1S/C15H20N4/c1-10(12-6-4-3-5-7-12)17-15-14-11(2)18-19-13(14)8-9-16-15/h8-9H,3-7H2,1-2H3,(H,16,17)(H,18,19). The van der Waals surface area contributed by atoms with Gasteiger partial charge in [-0.25, -0.2) is 4.98 Å². The number of anilines is 1. The summed E-state index contributed by atoms with van der Waals surface area (Å²) in [6, 6.07) is 1.94. The topological polar surface area (TPSA) is 53.6 Å². The number of rotatable bonds is 2. The molecule has 2 N–H and O–H groups in total. The average Bonchev–Trinajstić information content (AvgIpc) is 2.83. The van der Waals surface area contributed by atoms with Crippen LogP contribution in [0.15, 0.2) is 23.5 Å².